The maximum atomic E-state index is 10.8. The molecule has 0 saturated carbocycles. The molecule has 0 unspecified atom stereocenters. The Morgan fingerprint density at radius 2 is 2.09 bits per heavy atom. The molecule has 0 aromatic carbocycles. The third-order valence-electron chi connectivity index (χ3n) is 1.14. The predicted octanol–water partition coefficient (Wildman–Crippen LogP) is -1.66. The van der Waals surface area contributed by atoms with Crippen molar-refractivity contribution in [3.63, 3.8) is 0 Å². The van der Waals surface area contributed by atoms with Gasteiger partial charge < -0.3 is 11.5 Å². The topological polar surface area (TPSA) is 118 Å². The van der Waals surface area contributed by atoms with E-state index in [0.29, 0.717) is 0 Å². The van der Waals surface area contributed by atoms with Crippen LogP contribution >= 0.6 is 0 Å². The van der Waals surface area contributed by atoms with E-state index in [-0.39, 0.29) is 11.8 Å². The number of aliphatic imine (C=N–C) groups is 2. The molecule has 1 heterocycles. The zero-order chi connectivity index (χ0) is 8.43. The first-order valence-electron chi connectivity index (χ1n) is 2.77. The second kappa shape index (κ2) is 2.38. The summed E-state index contributed by atoms with van der Waals surface area (Å²) < 4.78 is 0. The van der Waals surface area contributed by atoms with Gasteiger partial charge in [-0.25, -0.2) is 0 Å². The number of rotatable bonds is 0. The molecule has 0 saturated heterocycles. The molecule has 0 radical (unpaired) electrons. The number of nitrogens with zero attached hydrogens (tertiary/aromatic N) is 3. The molecule has 0 fully saturated rings. The summed E-state index contributed by atoms with van der Waals surface area (Å²) in [5.74, 6) is -2.01. The van der Waals surface area contributed by atoms with Crippen LogP contribution in [0, 0.1) is 17.2 Å². The van der Waals surface area contributed by atoms with Crippen LogP contribution in [0.2, 0.25) is 0 Å². The van der Waals surface area contributed by atoms with Crippen LogP contribution in [0.5, 0.6) is 0 Å². The maximum Gasteiger partial charge on any atom is 0.274 e. The normalized spacial score (nSPS) is 23.5. The van der Waals surface area contributed by atoms with E-state index >= 15 is 0 Å². The van der Waals surface area contributed by atoms with Crippen molar-refractivity contribution in [3.05, 3.63) is 0 Å². The molecular formula is C5H5N5O. The summed E-state index contributed by atoms with van der Waals surface area (Å²) in [6.45, 7) is 0. The largest absolute Gasteiger partial charge is 0.385 e. The Labute approximate surface area is 62.2 Å². The van der Waals surface area contributed by atoms with E-state index in [1.807, 2.05) is 0 Å². The van der Waals surface area contributed by atoms with Crippen molar-refractivity contribution in [3.8, 4) is 6.07 Å². The average molecular weight is 151 g/mol. The van der Waals surface area contributed by atoms with E-state index in [0.717, 1.165) is 0 Å². The highest BCUT2D eigenvalue weighted by Gasteiger charge is 2.25. The maximum absolute atomic E-state index is 10.8. The minimum Gasteiger partial charge on any atom is -0.385 e. The number of hydrogen-bond acceptors (Lipinski definition) is 5. The number of guanidine groups is 1. The minimum absolute atomic E-state index is 0.0926. The van der Waals surface area contributed by atoms with Gasteiger partial charge in [0.25, 0.3) is 5.91 Å². The van der Waals surface area contributed by atoms with Crippen LogP contribution < -0.4 is 11.5 Å². The Balaban J connectivity index is 3.03. The van der Waals surface area contributed by atoms with Crippen molar-refractivity contribution in [2.75, 3.05) is 0 Å². The molecule has 4 N–H and O–H groups in total. The van der Waals surface area contributed by atoms with E-state index in [1.54, 1.807) is 6.07 Å². The molecule has 1 atom stereocenters. The van der Waals surface area contributed by atoms with Crippen molar-refractivity contribution in [1.82, 2.24) is 0 Å². The number of amidine groups is 1. The van der Waals surface area contributed by atoms with Crippen LogP contribution in [0.1, 0.15) is 0 Å². The number of nitriles is 1. The molecule has 0 spiro atoms. The monoisotopic (exact) mass is 151 g/mol. The smallest absolute Gasteiger partial charge is 0.274 e. The van der Waals surface area contributed by atoms with Crippen molar-refractivity contribution < 1.29 is 4.79 Å². The average Bonchev–Trinajstić information content (AvgIpc) is 1.85. The third-order valence-corrected chi connectivity index (χ3v) is 1.14. The molecule has 1 aliphatic heterocycles. The first-order chi connectivity index (χ1) is 5.15. The molecule has 1 rings (SSSR count). The van der Waals surface area contributed by atoms with Gasteiger partial charge in [-0.2, -0.15) is 15.2 Å². The van der Waals surface area contributed by atoms with Crippen molar-refractivity contribution >= 4 is 17.7 Å². The lowest BCUT2D eigenvalue weighted by Gasteiger charge is -2.08. The summed E-state index contributed by atoms with van der Waals surface area (Å²) in [4.78, 5) is 17.5. The molecule has 1 amide bonds. The standard InChI is InChI=1S/C5H5N5O/c6-1-2-3(7)9-5(8)10-4(2)11/h2H,(H4,7,8,9,10,11)/t2-/m0/s1. The predicted molar refractivity (Wildman–Crippen MR) is 37.4 cm³/mol. The van der Waals surface area contributed by atoms with Gasteiger partial charge in [-0.1, -0.05) is 0 Å². The van der Waals surface area contributed by atoms with Crippen molar-refractivity contribution in [2.24, 2.45) is 27.4 Å². The van der Waals surface area contributed by atoms with E-state index < -0.39 is 11.8 Å². The fourth-order valence-corrected chi connectivity index (χ4v) is 0.647. The first kappa shape index (κ1) is 7.21. The quantitative estimate of drug-likeness (QED) is 0.430. The van der Waals surface area contributed by atoms with Gasteiger partial charge in [-0.3, -0.25) is 4.79 Å². The molecule has 0 aromatic heterocycles. The lowest BCUT2D eigenvalue weighted by molar-refractivity contribution is -0.118. The molecule has 0 aromatic rings. The van der Waals surface area contributed by atoms with Crippen LogP contribution in [0.25, 0.3) is 0 Å². The molecule has 1 aliphatic rings. The van der Waals surface area contributed by atoms with E-state index in [1.165, 1.54) is 0 Å². The highest BCUT2D eigenvalue weighted by Crippen LogP contribution is 2.03. The Bertz CT molecular complexity index is 296. The van der Waals surface area contributed by atoms with Gasteiger partial charge >= 0.3 is 0 Å². The summed E-state index contributed by atoms with van der Waals surface area (Å²) in [6, 6.07) is 1.66. The Kier molecular flexibility index (Phi) is 1.56. The molecule has 6 nitrogen and oxygen atoms in total. The summed E-state index contributed by atoms with van der Waals surface area (Å²) in [5, 5.41) is 8.38. The Morgan fingerprint density at radius 3 is 2.55 bits per heavy atom. The van der Waals surface area contributed by atoms with E-state index in [2.05, 4.69) is 9.98 Å². The zero-order valence-electron chi connectivity index (χ0n) is 5.48. The van der Waals surface area contributed by atoms with Gasteiger partial charge in [0.1, 0.15) is 5.84 Å². The van der Waals surface area contributed by atoms with Crippen LogP contribution in [0.4, 0.5) is 0 Å². The highest BCUT2D eigenvalue weighted by molar-refractivity contribution is 6.15. The van der Waals surface area contributed by atoms with Crippen LogP contribution in [0.15, 0.2) is 9.98 Å². The van der Waals surface area contributed by atoms with Crippen molar-refractivity contribution in [1.29, 1.82) is 5.26 Å². The molecule has 6 heteroatoms. The number of nitrogens with two attached hydrogens (primary N) is 2. The second-order valence-electron chi connectivity index (χ2n) is 1.91. The van der Waals surface area contributed by atoms with Gasteiger partial charge in [0.2, 0.25) is 5.96 Å². The first-order valence-corrected chi connectivity index (χ1v) is 2.77. The third kappa shape index (κ3) is 1.16. The molecule has 0 bridgehead atoms. The number of carbonyl (C=O) groups is 1. The van der Waals surface area contributed by atoms with Crippen molar-refractivity contribution in [2.45, 2.75) is 0 Å². The summed E-state index contributed by atoms with van der Waals surface area (Å²) in [7, 11) is 0. The Morgan fingerprint density at radius 1 is 1.45 bits per heavy atom. The number of amides is 1. The zero-order valence-corrected chi connectivity index (χ0v) is 5.48. The molecule has 11 heavy (non-hydrogen) atoms. The Hall–Kier alpha value is -1.90. The fourth-order valence-electron chi connectivity index (χ4n) is 0.647. The van der Waals surface area contributed by atoms with Crippen LogP contribution in [-0.2, 0) is 4.79 Å². The number of hydrogen-bond donors (Lipinski definition) is 2. The fraction of sp³-hybridized carbons (Fsp3) is 0.200. The van der Waals surface area contributed by atoms with Gasteiger partial charge in [0.05, 0.1) is 6.07 Å². The summed E-state index contributed by atoms with van der Waals surface area (Å²) in [5.41, 5.74) is 10.3. The van der Waals surface area contributed by atoms with E-state index in [9.17, 15) is 4.79 Å². The number of carbonyl (C=O) groups excluding carboxylic acids is 1. The minimum atomic E-state index is -1.07. The van der Waals surface area contributed by atoms with Gasteiger partial charge in [-0.05, 0) is 0 Å². The van der Waals surface area contributed by atoms with Gasteiger partial charge in [-0.15, -0.1) is 0 Å². The highest BCUT2D eigenvalue weighted by atomic mass is 16.1. The lowest BCUT2D eigenvalue weighted by Crippen LogP contribution is -2.35. The van der Waals surface area contributed by atoms with Crippen LogP contribution in [0.3, 0.4) is 0 Å². The summed E-state index contributed by atoms with van der Waals surface area (Å²) in [6.07, 6.45) is 0. The van der Waals surface area contributed by atoms with Gasteiger partial charge in [0, 0.05) is 0 Å². The molecule has 0 aliphatic carbocycles. The van der Waals surface area contributed by atoms with Gasteiger partial charge in [0.15, 0.2) is 5.92 Å². The molecular weight excluding hydrogens is 146 g/mol. The SMILES string of the molecule is N#C[C@@H]1C(=O)N=C(N)N=C1N. The second-order valence-corrected chi connectivity index (χ2v) is 1.91. The van der Waals surface area contributed by atoms with E-state index in [4.69, 9.17) is 16.7 Å². The lowest BCUT2D eigenvalue weighted by atomic mass is 10.1. The molecule has 56 valence electrons. The summed E-state index contributed by atoms with van der Waals surface area (Å²) >= 11 is 0. The van der Waals surface area contributed by atoms with Crippen LogP contribution in [-0.4, -0.2) is 17.7 Å².